The summed E-state index contributed by atoms with van der Waals surface area (Å²) in [6.45, 7) is 3.76. The second-order valence-electron chi connectivity index (χ2n) is 7.61. The normalized spacial score (nSPS) is 14.3. The number of hydrogen-bond donors (Lipinski definition) is 3. The standard InChI is InChI=1S/C23H22N4O4S/c1-13-17-5-3-4-6-18(17)32-21(13)14(2)25-19(28)8-7-15-9-16-11-27(12-20(29)30)23(31)26-22(16)24-10-15/h3-10,14H,11-12H2,1-2H3,(H,25,28)(H,29,30)(H,24,26,31). The molecule has 3 heterocycles. The Morgan fingerprint density at radius 1 is 1.38 bits per heavy atom. The average Bonchev–Trinajstić information content (AvgIpc) is 3.09. The van der Waals surface area contributed by atoms with E-state index in [0.29, 0.717) is 16.9 Å². The minimum absolute atomic E-state index is 0.133. The highest BCUT2D eigenvalue weighted by molar-refractivity contribution is 7.19. The van der Waals surface area contributed by atoms with Crippen LogP contribution >= 0.6 is 11.3 Å². The molecule has 0 bridgehead atoms. The minimum atomic E-state index is -1.09. The lowest BCUT2D eigenvalue weighted by atomic mass is 10.1. The fraction of sp³-hybridized carbons (Fsp3) is 0.217. The number of carbonyl (C=O) groups excluding carboxylic acids is 2. The molecule has 1 atom stereocenters. The number of carboxylic acid groups (broad SMARTS) is 1. The number of thiophene rings is 1. The van der Waals surface area contributed by atoms with Crippen molar-refractivity contribution in [1.29, 1.82) is 0 Å². The molecule has 0 saturated heterocycles. The van der Waals surface area contributed by atoms with Crippen LogP contribution in [0, 0.1) is 6.92 Å². The lowest BCUT2D eigenvalue weighted by Gasteiger charge is -2.27. The van der Waals surface area contributed by atoms with Crippen molar-refractivity contribution >= 4 is 51.2 Å². The van der Waals surface area contributed by atoms with Gasteiger partial charge in [-0.2, -0.15) is 0 Å². The molecule has 0 fully saturated rings. The predicted molar refractivity (Wildman–Crippen MR) is 123 cm³/mol. The maximum Gasteiger partial charge on any atom is 0.323 e. The van der Waals surface area contributed by atoms with E-state index in [4.69, 9.17) is 5.11 Å². The van der Waals surface area contributed by atoms with Gasteiger partial charge in [-0.05, 0) is 48.6 Å². The first-order valence-electron chi connectivity index (χ1n) is 10.0. The van der Waals surface area contributed by atoms with E-state index in [1.807, 2.05) is 19.1 Å². The van der Waals surface area contributed by atoms with Crippen molar-refractivity contribution in [2.24, 2.45) is 0 Å². The molecule has 0 saturated carbocycles. The summed E-state index contributed by atoms with van der Waals surface area (Å²) in [5, 5.41) is 15.7. The Bertz CT molecular complexity index is 1250. The van der Waals surface area contributed by atoms with Crippen LogP contribution in [0.1, 0.15) is 34.5 Å². The molecule has 0 aliphatic carbocycles. The molecule has 0 spiro atoms. The van der Waals surface area contributed by atoms with Crippen LogP contribution < -0.4 is 10.6 Å². The van der Waals surface area contributed by atoms with Gasteiger partial charge in [-0.3, -0.25) is 14.9 Å². The molecule has 3 N–H and O–H groups in total. The Balaban J connectivity index is 1.44. The molecular weight excluding hydrogens is 428 g/mol. The van der Waals surface area contributed by atoms with Gasteiger partial charge in [0.05, 0.1) is 12.6 Å². The summed E-state index contributed by atoms with van der Waals surface area (Å²) in [6, 6.07) is 9.33. The van der Waals surface area contributed by atoms with Gasteiger partial charge in [0.1, 0.15) is 12.4 Å². The van der Waals surface area contributed by atoms with Crippen LogP contribution in [0.5, 0.6) is 0 Å². The van der Waals surface area contributed by atoms with E-state index in [1.54, 1.807) is 29.7 Å². The number of carbonyl (C=O) groups is 3. The molecule has 2 aromatic heterocycles. The number of urea groups is 1. The van der Waals surface area contributed by atoms with Gasteiger partial charge in [0.25, 0.3) is 0 Å². The quantitative estimate of drug-likeness (QED) is 0.493. The van der Waals surface area contributed by atoms with Crippen molar-refractivity contribution in [3.63, 3.8) is 0 Å². The van der Waals surface area contributed by atoms with Crippen molar-refractivity contribution in [1.82, 2.24) is 15.2 Å². The van der Waals surface area contributed by atoms with Gasteiger partial charge in [-0.25, -0.2) is 9.78 Å². The zero-order valence-corrected chi connectivity index (χ0v) is 18.4. The SMILES string of the molecule is Cc1c(C(C)NC(=O)C=Cc2cnc3c(c2)CN(CC(=O)O)C(=O)N3)sc2ccccc12. The van der Waals surface area contributed by atoms with Crippen LogP contribution in [-0.4, -0.2) is 39.4 Å². The highest BCUT2D eigenvalue weighted by Crippen LogP contribution is 2.34. The van der Waals surface area contributed by atoms with Gasteiger partial charge in [0.2, 0.25) is 5.91 Å². The average molecular weight is 451 g/mol. The number of nitrogens with one attached hydrogen (secondary N) is 2. The first-order chi connectivity index (χ1) is 15.3. The zero-order chi connectivity index (χ0) is 22.8. The predicted octanol–water partition coefficient (Wildman–Crippen LogP) is 3.93. The monoisotopic (exact) mass is 450 g/mol. The number of aryl methyl sites for hydroxylation is 1. The van der Waals surface area contributed by atoms with Crippen LogP contribution in [0.2, 0.25) is 0 Å². The van der Waals surface area contributed by atoms with Gasteiger partial charge >= 0.3 is 12.0 Å². The van der Waals surface area contributed by atoms with Crippen LogP contribution in [0.3, 0.4) is 0 Å². The van der Waals surface area contributed by atoms with E-state index in [0.717, 1.165) is 4.88 Å². The zero-order valence-electron chi connectivity index (χ0n) is 17.6. The summed E-state index contributed by atoms with van der Waals surface area (Å²) in [6.07, 6.45) is 4.64. The molecule has 1 aliphatic rings. The maximum absolute atomic E-state index is 12.5. The van der Waals surface area contributed by atoms with Crippen molar-refractivity contribution in [3.8, 4) is 0 Å². The fourth-order valence-corrected chi connectivity index (χ4v) is 4.92. The number of carboxylic acids is 1. The van der Waals surface area contributed by atoms with Crippen molar-refractivity contribution in [3.05, 3.63) is 64.2 Å². The first kappa shape index (κ1) is 21.5. The van der Waals surface area contributed by atoms with Crippen LogP contribution in [0.25, 0.3) is 16.2 Å². The third-order valence-corrected chi connectivity index (χ3v) is 6.70. The van der Waals surface area contributed by atoms with Gasteiger partial charge < -0.3 is 15.3 Å². The Morgan fingerprint density at radius 2 is 2.16 bits per heavy atom. The van der Waals surface area contributed by atoms with Gasteiger partial charge in [0, 0.05) is 27.4 Å². The van der Waals surface area contributed by atoms with Gasteiger partial charge in [0.15, 0.2) is 0 Å². The van der Waals surface area contributed by atoms with Crippen LogP contribution in [-0.2, 0) is 16.1 Å². The van der Waals surface area contributed by atoms with E-state index in [2.05, 4.69) is 34.7 Å². The van der Waals surface area contributed by atoms with Crippen molar-refractivity contribution < 1.29 is 19.5 Å². The molecule has 9 heteroatoms. The molecule has 3 aromatic rings. The number of benzene rings is 1. The molecule has 8 nitrogen and oxygen atoms in total. The summed E-state index contributed by atoms with van der Waals surface area (Å²) >= 11 is 1.68. The lowest BCUT2D eigenvalue weighted by molar-refractivity contribution is -0.137. The number of aliphatic carboxylic acids is 1. The number of pyridine rings is 1. The van der Waals surface area contributed by atoms with Crippen LogP contribution in [0.4, 0.5) is 10.6 Å². The Labute approximate surface area is 188 Å². The number of aromatic nitrogens is 1. The van der Waals surface area contributed by atoms with E-state index >= 15 is 0 Å². The fourth-order valence-electron chi connectivity index (χ4n) is 3.71. The highest BCUT2D eigenvalue weighted by atomic mass is 32.1. The lowest BCUT2D eigenvalue weighted by Crippen LogP contribution is -2.41. The van der Waals surface area contributed by atoms with Gasteiger partial charge in [-0.1, -0.05) is 18.2 Å². The summed E-state index contributed by atoms with van der Waals surface area (Å²) in [4.78, 5) is 41.9. The minimum Gasteiger partial charge on any atom is -0.480 e. The summed E-state index contributed by atoms with van der Waals surface area (Å²) in [5.41, 5.74) is 2.54. The topological polar surface area (TPSA) is 112 Å². The van der Waals surface area contributed by atoms with E-state index in [9.17, 15) is 14.4 Å². The number of fused-ring (bicyclic) bond motifs is 2. The number of nitrogens with zero attached hydrogens (tertiary/aromatic N) is 2. The van der Waals surface area contributed by atoms with Gasteiger partial charge in [-0.15, -0.1) is 11.3 Å². The number of hydrogen-bond acceptors (Lipinski definition) is 5. The maximum atomic E-state index is 12.5. The molecule has 1 aliphatic heterocycles. The molecule has 4 rings (SSSR count). The number of anilines is 1. The van der Waals surface area contributed by atoms with Crippen LogP contribution in [0.15, 0.2) is 42.6 Å². The molecule has 0 radical (unpaired) electrons. The Hall–Kier alpha value is -3.72. The largest absolute Gasteiger partial charge is 0.480 e. The first-order valence-corrected chi connectivity index (χ1v) is 10.9. The Kier molecular flexibility index (Phi) is 5.91. The van der Waals surface area contributed by atoms with Crippen molar-refractivity contribution in [2.75, 3.05) is 11.9 Å². The van der Waals surface area contributed by atoms with Crippen molar-refractivity contribution in [2.45, 2.75) is 26.4 Å². The third kappa shape index (κ3) is 4.47. The highest BCUT2D eigenvalue weighted by Gasteiger charge is 2.25. The van der Waals surface area contributed by atoms with E-state index < -0.39 is 18.5 Å². The third-order valence-electron chi connectivity index (χ3n) is 5.25. The van der Waals surface area contributed by atoms with E-state index in [1.165, 1.54) is 26.6 Å². The number of amides is 3. The second kappa shape index (κ2) is 8.80. The molecule has 164 valence electrons. The molecule has 1 aromatic carbocycles. The molecule has 1 unspecified atom stereocenters. The smallest absolute Gasteiger partial charge is 0.323 e. The summed E-state index contributed by atoms with van der Waals surface area (Å²) < 4.78 is 1.20. The molecular formula is C23H22N4O4S. The summed E-state index contributed by atoms with van der Waals surface area (Å²) in [5.74, 6) is -0.924. The van der Waals surface area contributed by atoms with E-state index in [-0.39, 0.29) is 18.5 Å². The second-order valence-corrected chi connectivity index (χ2v) is 8.69. The summed E-state index contributed by atoms with van der Waals surface area (Å²) in [7, 11) is 0. The Morgan fingerprint density at radius 3 is 2.91 bits per heavy atom. The molecule has 32 heavy (non-hydrogen) atoms. The number of rotatable bonds is 6. The molecule has 3 amide bonds.